The van der Waals surface area contributed by atoms with E-state index in [1.165, 1.54) is 17.5 Å². The monoisotopic (exact) mass is 518 g/mol. The number of guanidine groups is 1. The Morgan fingerprint density at radius 1 is 1.14 bits per heavy atom. The standard InChI is InChI=1S/C22H38N4O2.HI/c1-5-27-17-20-8-6-19(7-9-20)15-24-22(23-4)25-16-21(14-18(2)3)26-10-12-28-13-11-26;/h6-9,18,21H,5,10-17H2,1-4H3,(H2,23,24,25);1H. The van der Waals surface area contributed by atoms with E-state index in [0.29, 0.717) is 18.6 Å². The summed E-state index contributed by atoms with van der Waals surface area (Å²) in [6.07, 6.45) is 1.17. The fourth-order valence-electron chi connectivity index (χ4n) is 3.44. The second kappa shape index (κ2) is 15.0. The fraction of sp³-hybridized carbons (Fsp3) is 0.682. The minimum atomic E-state index is 0. The smallest absolute Gasteiger partial charge is 0.191 e. The molecule has 1 aromatic rings. The van der Waals surface area contributed by atoms with E-state index in [2.05, 4.69) is 58.6 Å². The lowest BCUT2D eigenvalue weighted by Crippen LogP contribution is -2.50. The van der Waals surface area contributed by atoms with Gasteiger partial charge in [-0.1, -0.05) is 38.1 Å². The average Bonchev–Trinajstić information content (AvgIpc) is 2.72. The molecule has 0 saturated carbocycles. The third kappa shape index (κ3) is 10.1. The Hall–Kier alpha value is -0.900. The van der Waals surface area contributed by atoms with Crippen molar-refractivity contribution < 1.29 is 9.47 Å². The lowest BCUT2D eigenvalue weighted by molar-refractivity contribution is 0.0132. The molecule has 1 heterocycles. The molecule has 6 nitrogen and oxygen atoms in total. The molecule has 1 aliphatic heterocycles. The van der Waals surface area contributed by atoms with Crippen LogP contribution in [0, 0.1) is 5.92 Å². The molecule has 0 spiro atoms. The van der Waals surface area contributed by atoms with E-state index in [-0.39, 0.29) is 24.0 Å². The number of halogens is 1. The quantitative estimate of drug-likeness (QED) is 0.283. The van der Waals surface area contributed by atoms with Crippen LogP contribution in [0.3, 0.4) is 0 Å². The Balaban J connectivity index is 0.00000420. The number of hydrogen-bond donors (Lipinski definition) is 2. The van der Waals surface area contributed by atoms with Crippen LogP contribution in [0.15, 0.2) is 29.3 Å². The van der Waals surface area contributed by atoms with Crippen LogP contribution < -0.4 is 10.6 Å². The van der Waals surface area contributed by atoms with Gasteiger partial charge in [0.25, 0.3) is 0 Å². The summed E-state index contributed by atoms with van der Waals surface area (Å²) in [6, 6.07) is 9.04. The third-order valence-corrected chi connectivity index (χ3v) is 4.99. The van der Waals surface area contributed by atoms with E-state index < -0.39 is 0 Å². The van der Waals surface area contributed by atoms with Gasteiger partial charge in [0.1, 0.15) is 0 Å². The van der Waals surface area contributed by atoms with Gasteiger partial charge in [0.05, 0.1) is 19.8 Å². The van der Waals surface area contributed by atoms with Crippen LogP contribution in [0.1, 0.15) is 38.3 Å². The molecular weight excluding hydrogens is 479 g/mol. The van der Waals surface area contributed by atoms with E-state index in [1.807, 2.05) is 14.0 Å². The number of nitrogens with one attached hydrogen (secondary N) is 2. The maximum atomic E-state index is 5.51. The van der Waals surface area contributed by atoms with Gasteiger partial charge in [-0.15, -0.1) is 24.0 Å². The van der Waals surface area contributed by atoms with Gasteiger partial charge in [-0.3, -0.25) is 9.89 Å². The molecule has 0 amide bonds. The Bertz CT molecular complexity index is 575. The third-order valence-electron chi connectivity index (χ3n) is 4.99. The Kier molecular flexibility index (Phi) is 13.5. The molecule has 1 aromatic carbocycles. The summed E-state index contributed by atoms with van der Waals surface area (Å²) in [6.45, 7) is 13.3. The maximum absolute atomic E-state index is 5.51. The maximum Gasteiger partial charge on any atom is 0.191 e. The summed E-state index contributed by atoms with van der Waals surface area (Å²) in [5.74, 6) is 1.51. The molecule has 29 heavy (non-hydrogen) atoms. The highest BCUT2D eigenvalue weighted by atomic mass is 127. The second-order valence-corrected chi connectivity index (χ2v) is 7.69. The summed E-state index contributed by atoms with van der Waals surface area (Å²) in [4.78, 5) is 6.93. The van der Waals surface area contributed by atoms with Gasteiger partial charge < -0.3 is 20.1 Å². The number of ether oxygens (including phenoxy) is 2. The highest BCUT2D eigenvalue weighted by molar-refractivity contribution is 14.0. The van der Waals surface area contributed by atoms with Crippen LogP contribution in [-0.4, -0.2) is 63.4 Å². The van der Waals surface area contributed by atoms with Crippen molar-refractivity contribution in [3.63, 3.8) is 0 Å². The number of rotatable bonds is 10. The van der Waals surface area contributed by atoms with Crippen LogP contribution in [0.2, 0.25) is 0 Å². The summed E-state index contributed by atoms with van der Waals surface area (Å²) in [7, 11) is 1.83. The molecule has 0 radical (unpaired) electrons. The molecule has 1 unspecified atom stereocenters. The zero-order valence-electron chi connectivity index (χ0n) is 18.4. The number of morpholine rings is 1. The average molecular weight is 518 g/mol. The Labute approximate surface area is 193 Å². The number of benzene rings is 1. The zero-order chi connectivity index (χ0) is 20.2. The number of aliphatic imine (C=N–C) groups is 1. The lowest BCUT2D eigenvalue weighted by atomic mass is 10.0. The van der Waals surface area contributed by atoms with Crippen molar-refractivity contribution in [2.45, 2.75) is 46.4 Å². The lowest BCUT2D eigenvalue weighted by Gasteiger charge is -2.35. The van der Waals surface area contributed by atoms with Crippen molar-refractivity contribution in [1.82, 2.24) is 15.5 Å². The largest absolute Gasteiger partial charge is 0.379 e. The summed E-state index contributed by atoms with van der Waals surface area (Å²) >= 11 is 0. The van der Waals surface area contributed by atoms with E-state index >= 15 is 0 Å². The molecule has 1 atom stereocenters. The minimum absolute atomic E-state index is 0. The van der Waals surface area contributed by atoms with E-state index in [1.54, 1.807) is 0 Å². The Morgan fingerprint density at radius 2 is 1.79 bits per heavy atom. The van der Waals surface area contributed by atoms with Crippen molar-refractivity contribution in [3.05, 3.63) is 35.4 Å². The molecule has 0 aliphatic carbocycles. The molecule has 1 fully saturated rings. The predicted molar refractivity (Wildman–Crippen MR) is 131 cm³/mol. The molecule has 1 aliphatic rings. The van der Waals surface area contributed by atoms with E-state index in [0.717, 1.165) is 52.0 Å². The van der Waals surface area contributed by atoms with Gasteiger partial charge in [0, 0.05) is 45.9 Å². The molecule has 2 rings (SSSR count). The van der Waals surface area contributed by atoms with Crippen molar-refractivity contribution in [3.8, 4) is 0 Å². The van der Waals surface area contributed by atoms with Crippen LogP contribution in [0.5, 0.6) is 0 Å². The summed E-state index contributed by atoms with van der Waals surface area (Å²) < 4.78 is 11.0. The normalized spacial score (nSPS) is 16.4. The molecular formula is C22H39IN4O2. The summed E-state index contributed by atoms with van der Waals surface area (Å²) in [5.41, 5.74) is 2.44. The molecule has 166 valence electrons. The molecule has 0 bridgehead atoms. The molecule has 0 aromatic heterocycles. The van der Waals surface area contributed by atoms with Crippen molar-refractivity contribution in [1.29, 1.82) is 0 Å². The number of nitrogens with zero attached hydrogens (tertiary/aromatic N) is 2. The van der Waals surface area contributed by atoms with Gasteiger partial charge >= 0.3 is 0 Å². The van der Waals surface area contributed by atoms with E-state index in [4.69, 9.17) is 9.47 Å². The molecule has 2 N–H and O–H groups in total. The fourth-order valence-corrected chi connectivity index (χ4v) is 3.44. The van der Waals surface area contributed by atoms with Gasteiger partial charge in [-0.2, -0.15) is 0 Å². The van der Waals surface area contributed by atoms with Gasteiger partial charge in [-0.25, -0.2) is 0 Å². The molecule has 7 heteroatoms. The SMILES string of the molecule is CCOCc1ccc(CNC(=NC)NCC(CC(C)C)N2CCOCC2)cc1.I. The van der Waals surface area contributed by atoms with Gasteiger partial charge in [-0.05, 0) is 30.4 Å². The van der Waals surface area contributed by atoms with Crippen LogP contribution >= 0.6 is 24.0 Å². The molecule has 1 saturated heterocycles. The number of hydrogen-bond acceptors (Lipinski definition) is 4. The van der Waals surface area contributed by atoms with E-state index in [9.17, 15) is 0 Å². The Morgan fingerprint density at radius 3 is 2.38 bits per heavy atom. The van der Waals surface area contributed by atoms with Crippen LogP contribution in [0.25, 0.3) is 0 Å². The van der Waals surface area contributed by atoms with Crippen molar-refractivity contribution >= 4 is 29.9 Å². The van der Waals surface area contributed by atoms with Crippen LogP contribution in [0.4, 0.5) is 0 Å². The minimum Gasteiger partial charge on any atom is -0.379 e. The zero-order valence-corrected chi connectivity index (χ0v) is 20.8. The van der Waals surface area contributed by atoms with Crippen LogP contribution in [-0.2, 0) is 22.6 Å². The van der Waals surface area contributed by atoms with Gasteiger partial charge in [0.15, 0.2) is 5.96 Å². The van der Waals surface area contributed by atoms with Gasteiger partial charge in [0.2, 0.25) is 0 Å². The van der Waals surface area contributed by atoms with Crippen molar-refractivity contribution in [2.24, 2.45) is 10.9 Å². The first kappa shape index (κ1) is 26.1. The topological polar surface area (TPSA) is 58.1 Å². The first-order valence-electron chi connectivity index (χ1n) is 10.5. The highest BCUT2D eigenvalue weighted by Gasteiger charge is 2.22. The second-order valence-electron chi connectivity index (χ2n) is 7.69. The first-order chi connectivity index (χ1) is 13.6. The predicted octanol–water partition coefficient (Wildman–Crippen LogP) is 3.25. The van der Waals surface area contributed by atoms with Crippen molar-refractivity contribution in [2.75, 3.05) is 46.5 Å². The summed E-state index contributed by atoms with van der Waals surface area (Å²) in [5, 5.41) is 6.94. The highest BCUT2D eigenvalue weighted by Crippen LogP contribution is 2.13. The first-order valence-corrected chi connectivity index (χ1v) is 10.5.